The van der Waals surface area contributed by atoms with E-state index < -0.39 is 0 Å². The highest BCUT2D eigenvalue weighted by Crippen LogP contribution is 2.25. The molecule has 0 fully saturated rings. The number of nitrogens with zero attached hydrogens (tertiary/aromatic N) is 4. The number of aliphatic imine (C=N–C) groups is 1. The minimum absolute atomic E-state index is 0.0425. The third-order valence-corrected chi connectivity index (χ3v) is 7.12. The highest BCUT2D eigenvalue weighted by Gasteiger charge is 2.19. The van der Waals surface area contributed by atoms with Gasteiger partial charge in [0.25, 0.3) is 0 Å². The third-order valence-electron chi connectivity index (χ3n) is 6.75. The lowest BCUT2D eigenvalue weighted by Gasteiger charge is -2.23. The fourth-order valence-electron chi connectivity index (χ4n) is 4.25. The Morgan fingerprint density at radius 2 is 2.00 bits per heavy atom. The zero-order chi connectivity index (χ0) is 33.5. The van der Waals surface area contributed by atoms with Crippen molar-refractivity contribution in [2.75, 3.05) is 24.6 Å². The zero-order valence-corrected chi connectivity index (χ0v) is 26.5. The number of allylic oxidation sites excluding steroid dienone is 4. The number of carbonyl (C=O) groups excluding carboxylic acids is 2. The van der Waals surface area contributed by atoms with Crippen LogP contribution in [0.15, 0.2) is 89.9 Å². The number of carbonyl (C=O) groups is 2. The molecule has 2 aromatic carbocycles. The Kier molecular flexibility index (Phi) is 13.4. The van der Waals surface area contributed by atoms with Gasteiger partial charge < -0.3 is 25.9 Å². The molecule has 236 valence electrons. The maximum atomic E-state index is 12.3. The Balaban J connectivity index is 2.06. The van der Waals surface area contributed by atoms with Gasteiger partial charge in [0.2, 0.25) is 0 Å². The number of rotatable bonds is 14. The molecule has 0 unspecified atom stereocenters. The van der Waals surface area contributed by atoms with Crippen LogP contribution in [0.5, 0.6) is 0 Å². The monoisotopic (exact) mass is 637 g/mol. The summed E-state index contributed by atoms with van der Waals surface area (Å²) >= 11 is 6.47. The molecule has 0 spiro atoms. The van der Waals surface area contributed by atoms with Crippen molar-refractivity contribution >= 4 is 53.0 Å². The molecule has 46 heavy (non-hydrogen) atoms. The molecule has 0 amide bonds. The predicted molar refractivity (Wildman–Crippen MR) is 185 cm³/mol. The second-order valence-electron chi connectivity index (χ2n) is 9.92. The number of hydrogen-bond donors (Lipinski definition) is 4. The second-order valence-corrected chi connectivity index (χ2v) is 10.3. The number of nitrogens with two attached hydrogens (primary N) is 1. The molecular formula is C35H36ClN7O3. The molecule has 11 heteroatoms. The number of anilines is 2. The maximum absolute atomic E-state index is 12.3. The number of aliphatic hydroxyl groups is 1. The van der Waals surface area contributed by atoms with E-state index in [1.807, 2.05) is 30.1 Å². The first kappa shape index (κ1) is 35.0. The van der Waals surface area contributed by atoms with E-state index in [4.69, 9.17) is 27.7 Å². The van der Waals surface area contributed by atoms with Crippen LogP contribution in [-0.4, -0.2) is 57.7 Å². The zero-order valence-electron chi connectivity index (χ0n) is 25.8. The van der Waals surface area contributed by atoms with Gasteiger partial charge in [0, 0.05) is 42.6 Å². The molecule has 0 saturated carbocycles. The van der Waals surface area contributed by atoms with Crippen molar-refractivity contribution < 1.29 is 14.7 Å². The van der Waals surface area contributed by atoms with Crippen molar-refractivity contribution in [2.45, 2.75) is 32.7 Å². The van der Waals surface area contributed by atoms with E-state index in [1.54, 1.807) is 31.2 Å². The number of likely N-dealkylation sites (N-methyl/N-ethyl adjacent to an activating group) is 1. The van der Waals surface area contributed by atoms with Crippen LogP contribution in [0.1, 0.15) is 53.2 Å². The van der Waals surface area contributed by atoms with Gasteiger partial charge in [0.15, 0.2) is 6.29 Å². The highest BCUT2D eigenvalue weighted by atomic mass is 35.5. The number of aromatic nitrogens is 2. The SMILES string of the molecule is C=C/C(=C\C(O)=C/C)C(=N)c1c(N)ncnc1NCC(=Nc1cccc(C#CCCCC=O)c1C=O)N(C)Cc1ccccc1Cl. The lowest BCUT2D eigenvalue weighted by atomic mass is 10.0. The standard InChI is InChI=1S/C35H36ClN7O3/c1-4-24(19-27(46)5-2)33(37)32-34(38)40-23-41-35(32)39-20-31(43(3)21-26-14-9-10-16-29(26)36)42-30-17-12-15-25(28(30)22-45)13-8-6-7-11-18-44/h4-5,9-10,12,14-19,22-23,37,46H,1,6-7,11,20-21H2,2-3H3,(H3,38,39,40,41)/b24-19+,27-5+,37-33?,42-31?. The van der Waals surface area contributed by atoms with E-state index in [1.165, 1.54) is 24.6 Å². The Labute approximate surface area is 274 Å². The molecule has 0 aliphatic rings. The van der Waals surface area contributed by atoms with Gasteiger partial charge in [-0.15, -0.1) is 0 Å². The van der Waals surface area contributed by atoms with Crippen molar-refractivity contribution in [3.63, 3.8) is 0 Å². The van der Waals surface area contributed by atoms with Crippen molar-refractivity contribution in [2.24, 2.45) is 4.99 Å². The number of nitrogens with one attached hydrogen (secondary N) is 2. The Morgan fingerprint density at radius 3 is 2.70 bits per heavy atom. The summed E-state index contributed by atoms with van der Waals surface area (Å²) in [5.41, 5.74) is 8.81. The molecule has 0 aliphatic carbocycles. The third kappa shape index (κ3) is 9.48. The number of aldehydes is 2. The highest BCUT2D eigenvalue weighted by molar-refractivity contribution is 6.31. The average Bonchev–Trinajstić information content (AvgIpc) is 3.06. The van der Waals surface area contributed by atoms with Crippen LogP contribution in [0.3, 0.4) is 0 Å². The summed E-state index contributed by atoms with van der Waals surface area (Å²) in [6, 6.07) is 12.7. The molecule has 0 bridgehead atoms. The minimum Gasteiger partial charge on any atom is -0.508 e. The fraction of sp³-hybridized carbons (Fsp3) is 0.200. The largest absolute Gasteiger partial charge is 0.508 e. The summed E-state index contributed by atoms with van der Waals surface area (Å²) < 4.78 is 0. The van der Waals surface area contributed by atoms with Crippen LogP contribution in [-0.2, 0) is 11.3 Å². The molecule has 1 aromatic heterocycles. The predicted octanol–water partition coefficient (Wildman–Crippen LogP) is 6.46. The number of benzene rings is 2. The van der Waals surface area contributed by atoms with Crippen LogP contribution >= 0.6 is 11.6 Å². The first-order chi connectivity index (χ1) is 22.2. The van der Waals surface area contributed by atoms with Crippen molar-refractivity contribution in [1.82, 2.24) is 14.9 Å². The second kappa shape index (κ2) is 17.7. The van der Waals surface area contributed by atoms with E-state index in [2.05, 4.69) is 33.7 Å². The van der Waals surface area contributed by atoms with Gasteiger partial charge >= 0.3 is 0 Å². The molecule has 0 radical (unpaired) electrons. The summed E-state index contributed by atoms with van der Waals surface area (Å²) in [7, 11) is 1.84. The summed E-state index contributed by atoms with van der Waals surface area (Å²) in [4.78, 5) is 38.1. The summed E-state index contributed by atoms with van der Waals surface area (Å²) in [5.74, 6) is 6.84. The van der Waals surface area contributed by atoms with Gasteiger partial charge in [-0.05, 0) is 49.3 Å². The van der Waals surface area contributed by atoms with E-state index in [0.29, 0.717) is 59.1 Å². The molecule has 3 aromatic rings. The smallest absolute Gasteiger partial charge is 0.153 e. The van der Waals surface area contributed by atoms with E-state index in [9.17, 15) is 14.7 Å². The molecule has 0 aliphatic heterocycles. The van der Waals surface area contributed by atoms with Gasteiger partial charge in [-0.2, -0.15) is 0 Å². The average molecular weight is 638 g/mol. The van der Waals surface area contributed by atoms with Gasteiger partial charge in [-0.25, -0.2) is 15.0 Å². The quantitative estimate of drug-likeness (QED) is 0.0298. The van der Waals surface area contributed by atoms with Gasteiger partial charge in [-0.3, -0.25) is 10.2 Å². The number of nitrogen functional groups attached to an aromatic ring is 1. The molecule has 10 nitrogen and oxygen atoms in total. The summed E-state index contributed by atoms with van der Waals surface area (Å²) in [6.45, 7) is 5.92. The van der Waals surface area contributed by atoms with Crippen LogP contribution in [0.2, 0.25) is 5.02 Å². The normalized spacial score (nSPS) is 11.7. The molecule has 1 heterocycles. The molecular weight excluding hydrogens is 602 g/mol. The first-order valence-electron chi connectivity index (χ1n) is 14.4. The Hall–Kier alpha value is -5.53. The van der Waals surface area contributed by atoms with Gasteiger partial charge in [0.05, 0.1) is 29.1 Å². The van der Waals surface area contributed by atoms with E-state index in [-0.39, 0.29) is 35.2 Å². The molecule has 0 saturated heterocycles. The van der Waals surface area contributed by atoms with E-state index in [0.717, 1.165) is 18.1 Å². The van der Waals surface area contributed by atoms with Crippen LogP contribution in [0, 0.1) is 17.3 Å². The topological polar surface area (TPSA) is 158 Å². The number of hydrogen-bond acceptors (Lipinski definition) is 9. The van der Waals surface area contributed by atoms with Crippen LogP contribution in [0.25, 0.3) is 0 Å². The number of amidine groups is 1. The van der Waals surface area contributed by atoms with Gasteiger partial charge in [0.1, 0.15) is 35.8 Å². The van der Waals surface area contributed by atoms with Gasteiger partial charge in [-0.1, -0.05) is 60.4 Å². The van der Waals surface area contributed by atoms with Crippen molar-refractivity contribution in [1.29, 1.82) is 5.41 Å². The van der Waals surface area contributed by atoms with E-state index >= 15 is 0 Å². The molecule has 0 atom stereocenters. The lowest BCUT2D eigenvalue weighted by Crippen LogP contribution is -2.32. The minimum atomic E-state index is -0.0467. The number of halogens is 1. The van der Waals surface area contributed by atoms with Crippen molar-refractivity contribution in [3.05, 3.63) is 112 Å². The molecule has 5 N–H and O–H groups in total. The molecule has 3 rings (SSSR count). The summed E-state index contributed by atoms with van der Waals surface area (Å²) in [6.07, 6.45) is 8.77. The number of unbranched alkanes of at least 4 members (excludes halogenated alkanes) is 2. The maximum Gasteiger partial charge on any atom is 0.153 e. The lowest BCUT2D eigenvalue weighted by molar-refractivity contribution is -0.107. The summed E-state index contributed by atoms with van der Waals surface area (Å²) in [5, 5.41) is 22.7. The fourth-order valence-corrected chi connectivity index (χ4v) is 4.45. The van der Waals surface area contributed by atoms with Crippen LogP contribution in [0.4, 0.5) is 17.3 Å². The van der Waals surface area contributed by atoms with Crippen LogP contribution < -0.4 is 11.1 Å². The first-order valence-corrected chi connectivity index (χ1v) is 14.8. The number of aliphatic hydroxyl groups excluding tert-OH is 1. The Morgan fingerprint density at radius 1 is 1.22 bits per heavy atom. The Bertz CT molecular complexity index is 1750. The van der Waals surface area contributed by atoms with Crippen molar-refractivity contribution in [3.8, 4) is 11.8 Å².